The lowest BCUT2D eigenvalue weighted by Crippen LogP contribution is -2.17. The summed E-state index contributed by atoms with van der Waals surface area (Å²) in [5.74, 6) is -0.951. The number of anilines is 1. The minimum absolute atomic E-state index is 0.0450. The predicted molar refractivity (Wildman–Crippen MR) is 91.5 cm³/mol. The van der Waals surface area contributed by atoms with E-state index < -0.39 is 22.7 Å². The Morgan fingerprint density at radius 1 is 1.43 bits per heavy atom. The van der Waals surface area contributed by atoms with Crippen LogP contribution in [0.1, 0.15) is 10.6 Å². The van der Waals surface area contributed by atoms with Gasteiger partial charge in [-0.2, -0.15) is 18.4 Å². The smallest absolute Gasteiger partial charge is 0.445 e. The number of carbonyl (C=O) groups excluding carboxylic acids is 1. The Balaban J connectivity index is 1.71. The van der Waals surface area contributed by atoms with E-state index in [1.807, 2.05) is 0 Å². The summed E-state index contributed by atoms with van der Waals surface area (Å²) < 4.78 is 42.4. The fourth-order valence-electron chi connectivity index (χ4n) is 1.91. The number of hydrogen-bond donors (Lipinski definition) is 2. The van der Waals surface area contributed by atoms with Gasteiger partial charge in [0.15, 0.2) is 5.16 Å². The standard InChI is InChI=1S/C14H7F3N6O3S2/c15-14(16,17)11-22-23-13(28-11)19-8(24)5-27-12-20-9(6-1-2-26-4-6)7(3-18)10(25)21-12/h1-2,4H,5H2,(H,19,23,24)(H,20,21,25). The van der Waals surface area contributed by atoms with Crippen molar-refractivity contribution in [1.82, 2.24) is 20.2 Å². The third-order valence-corrected chi connectivity index (χ3v) is 4.81. The Hall–Kier alpha value is -3.18. The minimum atomic E-state index is -4.65. The summed E-state index contributed by atoms with van der Waals surface area (Å²) in [5, 5.41) is 16.1. The monoisotopic (exact) mass is 428 g/mol. The van der Waals surface area contributed by atoms with Gasteiger partial charge in [0.2, 0.25) is 16.0 Å². The van der Waals surface area contributed by atoms with Crippen LogP contribution in [0.25, 0.3) is 11.3 Å². The van der Waals surface area contributed by atoms with Crippen molar-refractivity contribution < 1.29 is 22.4 Å². The molecule has 3 aromatic rings. The van der Waals surface area contributed by atoms with Crippen molar-refractivity contribution in [3.05, 3.63) is 39.5 Å². The van der Waals surface area contributed by atoms with Gasteiger partial charge in [-0.25, -0.2) is 4.98 Å². The molecule has 0 aliphatic heterocycles. The van der Waals surface area contributed by atoms with Crippen molar-refractivity contribution in [1.29, 1.82) is 5.26 Å². The van der Waals surface area contributed by atoms with Gasteiger partial charge in [-0.1, -0.05) is 23.1 Å². The van der Waals surface area contributed by atoms with E-state index in [1.165, 1.54) is 18.6 Å². The second kappa shape index (κ2) is 7.82. The van der Waals surface area contributed by atoms with Crippen LogP contribution in [-0.2, 0) is 11.0 Å². The van der Waals surface area contributed by atoms with E-state index in [9.17, 15) is 22.8 Å². The second-order valence-corrected chi connectivity index (χ2v) is 6.91. The van der Waals surface area contributed by atoms with Crippen LogP contribution in [0, 0.1) is 11.3 Å². The number of nitriles is 1. The third-order valence-electron chi connectivity index (χ3n) is 3.06. The van der Waals surface area contributed by atoms with Crippen LogP contribution in [0.2, 0.25) is 0 Å². The number of halogens is 3. The number of thioether (sulfide) groups is 1. The Labute approximate surface area is 161 Å². The molecule has 14 heteroatoms. The Bertz CT molecular complexity index is 1100. The van der Waals surface area contributed by atoms with Gasteiger partial charge in [-0.05, 0) is 6.07 Å². The molecule has 1 amide bonds. The normalized spacial score (nSPS) is 11.2. The van der Waals surface area contributed by atoms with Crippen molar-refractivity contribution >= 4 is 34.1 Å². The highest BCUT2D eigenvalue weighted by molar-refractivity contribution is 7.99. The van der Waals surface area contributed by atoms with Gasteiger partial charge in [0.05, 0.1) is 24.0 Å². The van der Waals surface area contributed by atoms with Gasteiger partial charge in [0.1, 0.15) is 11.6 Å². The number of furan rings is 1. The lowest BCUT2D eigenvalue weighted by Gasteiger charge is -2.04. The van der Waals surface area contributed by atoms with Crippen LogP contribution in [0.4, 0.5) is 18.3 Å². The van der Waals surface area contributed by atoms with Crippen LogP contribution in [0.5, 0.6) is 0 Å². The van der Waals surface area contributed by atoms with Crippen molar-refractivity contribution in [2.24, 2.45) is 0 Å². The topological polar surface area (TPSA) is 138 Å². The van der Waals surface area contributed by atoms with Crippen molar-refractivity contribution in [2.45, 2.75) is 11.3 Å². The largest absolute Gasteiger partial charge is 0.472 e. The first-order valence-corrected chi connectivity index (χ1v) is 8.98. The first kappa shape index (κ1) is 19.6. The summed E-state index contributed by atoms with van der Waals surface area (Å²) in [6.45, 7) is 0. The number of alkyl halides is 3. The number of carbonyl (C=O) groups is 1. The van der Waals surface area contributed by atoms with Gasteiger partial charge in [-0.3, -0.25) is 14.9 Å². The lowest BCUT2D eigenvalue weighted by molar-refractivity contribution is -0.138. The molecule has 2 N–H and O–H groups in total. The van der Waals surface area contributed by atoms with E-state index in [4.69, 9.17) is 9.68 Å². The van der Waals surface area contributed by atoms with Crippen LogP contribution in [0.3, 0.4) is 0 Å². The van der Waals surface area contributed by atoms with Gasteiger partial charge < -0.3 is 9.40 Å². The predicted octanol–water partition coefficient (Wildman–Crippen LogP) is 2.50. The molecule has 3 rings (SSSR count). The Morgan fingerprint density at radius 2 is 2.21 bits per heavy atom. The van der Waals surface area contributed by atoms with E-state index >= 15 is 0 Å². The summed E-state index contributed by atoms with van der Waals surface area (Å²) in [6, 6.07) is 3.26. The number of H-pyrrole nitrogens is 1. The molecule has 9 nitrogen and oxygen atoms in total. The number of aromatic amines is 1. The molecule has 0 fully saturated rings. The molecule has 0 aliphatic carbocycles. The highest BCUT2D eigenvalue weighted by atomic mass is 32.2. The maximum absolute atomic E-state index is 12.5. The molecule has 0 spiro atoms. The van der Waals surface area contributed by atoms with Crippen molar-refractivity contribution in [3.63, 3.8) is 0 Å². The number of nitrogens with one attached hydrogen (secondary N) is 2. The van der Waals surface area contributed by atoms with Crippen molar-refractivity contribution in [3.8, 4) is 17.3 Å². The van der Waals surface area contributed by atoms with E-state index in [2.05, 4.69) is 25.5 Å². The summed E-state index contributed by atoms with van der Waals surface area (Å²) >= 11 is 1.01. The zero-order chi connectivity index (χ0) is 20.3. The number of amides is 1. The van der Waals surface area contributed by atoms with Crippen molar-refractivity contribution in [2.75, 3.05) is 11.1 Å². The molecule has 28 heavy (non-hydrogen) atoms. The van der Waals surface area contributed by atoms with Gasteiger partial charge in [0, 0.05) is 5.56 Å². The van der Waals surface area contributed by atoms with E-state index in [1.54, 1.807) is 6.07 Å². The van der Waals surface area contributed by atoms with Gasteiger partial charge in [-0.15, -0.1) is 10.2 Å². The maximum atomic E-state index is 12.5. The van der Waals surface area contributed by atoms with E-state index in [0.29, 0.717) is 5.56 Å². The molecule has 0 atom stereocenters. The SMILES string of the molecule is N#Cc1c(-c2ccoc2)nc(SCC(=O)Nc2nnc(C(F)(F)F)s2)[nH]c1=O. The Kier molecular flexibility index (Phi) is 5.47. The highest BCUT2D eigenvalue weighted by Gasteiger charge is 2.35. The minimum Gasteiger partial charge on any atom is -0.472 e. The quantitative estimate of drug-likeness (QED) is 0.467. The zero-order valence-electron chi connectivity index (χ0n) is 13.4. The molecule has 0 radical (unpaired) electrons. The highest BCUT2D eigenvalue weighted by Crippen LogP contribution is 2.33. The summed E-state index contributed by atoms with van der Waals surface area (Å²) in [6.07, 6.45) is -2.00. The lowest BCUT2D eigenvalue weighted by atomic mass is 10.1. The molecule has 0 bridgehead atoms. The third kappa shape index (κ3) is 4.38. The maximum Gasteiger partial charge on any atom is 0.445 e. The summed E-state index contributed by atoms with van der Waals surface area (Å²) in [4.78, 5) is 30.4. The average molecular weight is 428 g/mol. The molecular formula is C14H7F3N6O3S2. The van der Waals surface area contributed by atoms with Crippen LogP contribution in [-0.4, -0.2) is 31.8 Å². The van der Waals surface area contributed by atoms with Crippen LogP contribution >= 0.6 is 23.1 Å². The molecule has 0 aromatic carbocycles. The zero-order valence-corrected chi connectivity index (χ0v) is 15.0. The van der Waals surface area contributed by atoms with E-state index in [0.717, 1.165) is 11.8 Å². The van der Waals surface area contributed by atoms with Gasteiger partial charge >= 0.3 is 6.18 Å². The average Bonchev–Trinajstić information content (AvgIpc) is 3.31. The number of hydrogen-bond acceptors (Lipinski definition) is 9. The second-order valence-electron chi connectivity index (χ2n) is 4.97. The Morgan fingerprint density at radius 3 is 2.82 bits per heavy atom. The number of nitrogens with zero attached hydrogens (tertiary/aromatic N) is 4. The first-order valence-electron chi connectivity index (χ1n) is 7.18. The fourth-order valence-corrected chi connectivity index (χ4v) is 3.20. The fraction of sp³-hybridized carbons (Fsp3) is 0.143. The molecule has 0 saturated carbocycles. The molecule has 3 heterocycles. The first-order chi connectivity index (χ1) is 13.3. The number of rotatable bonds is 5. The summed E-state index contributed by atoms with van der Waals surface area (Å²) in [7, 11) is 0. The van der Waals surface area contributed by atoms with Crippen LogP contribution in [0.15, 0.2) is 33.0 Å². The molecule has 0 unspecified atom stereocenters. The molecule has 3 aromatic heterocycles. The molecule has 0 saturated heterocycles. The van der Waals surface area contributed by atoms with Crippen LogP contribution < -0.4 is 10.9 Å². The molecular weight excluding hydrogens is 421 g/mol. The van der Waals surface area contributed by atoms with Gasteiger partial charge in [0.25, 0.3) is 5.56 Å². The summed E-state index contributed by atoms with van der Waals surface area (Å²) in [5.41, 5.74) is -0.427. The number of aromatic nitrogens is 4. The van der Waals surface area contributed by atoms with E-state index in [-0.39, 0.29) is 38.6 Å². The molecule has 0 aliphatic rings. The molecule has 144 valence electrons.